The Kier molecular flexibility index (Phi) is 7.62. The van der Waals surface area contributed by atoms with Crippen LogP contribution < -0.4 is 0 Å². The van der Waals surface area contributed by atoms with Crippen LogP contribution in [-0.4, -0.2) is 11.3 Å². The van der Waals surface area contributed by atoms with Gasteiger partial charge >= 0.3 is 34.1 Å². The fourth-order valence-corrected chi connectivity index (χ4v) is 1.25. The monoisotopic (exact) mass is 318 g/mol. The Hall–Kier alpha value is -0.926. The summed E-state index contributed by atoms with van der Waals surface area (Å²) < 4.78 is 0. The Balaban J connectivity index is 0.000000492. The summed E-state index contributed by atoms with van der Waals surface area (Å²) in [5.41, 5.74) is 1.60. The molecule has 2 rings (SSSR count). The molecule has 0 heterocycles. The van der Waals surface area contributed by atoms with Crippen LogP contribution in [0.1, 0.15) is 5.56 Å². The van der Waals surface area contributed by atoms with E-state index in [-0.39, 0.29) is 20.1 Å². The second kappa shape index (κ2) is 9.06. The van der Waals surface area contributed by atoms with E-state index in [2.05, 4.69) is 4.99 Å². The summed E-state index contributed by atoms with van der Waals surface area (Å²) in [6, 6.07) is 16.7. The topological polar surface area (TPSA) is 32.6 Å². The molecule has 0 saturated carbocycles. The number of phenols is 1. The molecule has 0 radical (unpaired) electrons. The number of rotatable bonds is 2. The standard InChI is InChI=1S/C13H11NO.2ClH.V/c15-13-9-5-4-6-11(13)10-14-12-7-2-1-3-8-12;;;/h1-10,15H;2*1H;/q;;;+2/p-2. The third kappa shape index (κ3) is 5.61. The van der Waals surface area contributed by atoms with Gasteiger partial charge in [0.05, 0.1) is 5.69 Å². The van der Waals surface area contributed by atoms with Crippen molar-refractivity contribution < 1.29 is 19.5 Å². The molecule has 0 saturated heterocycles. The number of nitrogens with zero attached hydrogens (tertiary/aromatic N) is 1. The van der Waals surface area contributed by atoms with Gasteiger partial charge < -0.3 is 5.11 Å². The first-order chi connectivity index (χ1) is 8.77. The fourth-order valence-electron chi connectivity index (χ4n) is 1.25. The van der Waals surface area contributed by atoms with Crippen LogP contribution in [0.3, 0.4) is 0 Å². The van der Waals surface area contributed by atoms with Crippen molar-refractivity contribution in [3.8, 4) is 5.75 Å². The van der Waals surface area contributed by atoms with Crippen LogP contribution in [0, 0.1) is 0 Å². The maximum absolute atomic E-state index is 9.50. The van der Waals surface area contributed by atoms with E-state index in [0.29, 0.717) is 0 Å². The average molecular weight is 319 g/mol. The van der Waals surface area contributed by atoms with Crippen LogP contribution >= 0.6 is 19.7 Å². The minimum absolute atomic E-state index is 0.247. The van der Waals surface area contributed by atoms with E-state index in [1.165, 1.54) is 0 Å². The van der Waals surface area contributed by atoms with Gasteiger partial charge in [-0.15, -0.1) is 0 Å². The van der Waals surface area contributed by atoms with Gasteiger partial charge in [0.25, 0.3) is 0 Å². The summed E-state index contributed by atoms with van der Waals surface area (Å²) in [6.07, 6.45) is 1.66. The molecule has 0 aliphatic carbocycles. The molecule has 0 bridgehead atoms. The molecule has 0 aromatic heterocycles. The summed E-state index contributed by atoms with van der Waals surface area (Å²) in [4.78, 5) is 4.25. The van der Waals surface area contributed by atoms with Gasteiger partial charge in [-0.1, -0.05) is 30.3 Å². The average Bonchev–Trinajstić information content (AvgIpc) is 2.40. The number of halogens is 2. The van der Waals surface area contributed by atoms with Gasteiger partial charge in [-0.2, -0.15) is 0 Å². The molecule has 5 heteroatoms. The Morgan fingerprint density at radius 1 is 0.944 bits per heavy atom. The van der Waals surface area contributed by atoms with E-state index in [0.717, 1.165) is 11.3 Å². The van der Waals surface area contributed by atoms with Crippen molar-refractivity contribution in [1.82, 2.24) is 0 Å². The number of phenolic OH excluding ortho intramolecular Hbond substituents is 1. The summed E-state index contributed by atoms with van der Waals surface area (Å²) in [6.45, 7) is 0. The second-order valence-electron chi connectivity index (χ2n) is 3.22. The molecular formula is C13H11Cl2NOV. The SMILES string of the molecule is Oc1ccccc1C=Nc1ccccc1.[Cl][V][Cl]. The first kappa shape index (κ1) is 15.1. The molecule has 0 aliphatic rings. The summed E-state index contributed by atoms with van der Waals surface area (Å²) in [5, 5.41) is 9.50. The molecule has 1 N–H and O–H groups in total. The van der Waals surface area contributed by atoms with E-state index in [1.54, 1.807) is 18.3 Å². The van der Waals surface area contributed by atoms with Crippen molar-refractivity contribution >= 4 is 31.6 Å². The number of hydrogen-bond donors (Lipinski definition) is 1. The molecule has 0 unspecified atom stereocenters. The molecular weight excluding hydrogens is 308 g/mol. The van der Waals surface area contributed by atoms with Crippen LogP contribution in [0.15, 0.2) is 59.6 Å². The number of hydrogen-bond acceptors (Lipinski definition) is 2. The van der Waals surface area contributed by atoms with Crippen molar-refractivity contribution in [3.63, 3.8) is 0 Å². The van der Waals surface area contributed by atoms with Crippen LogP contribution in [0.5, 0.6) is 5.75 Å². The number of para-hydroxylation sites is 2. The Morgan fingerprint density at radius 2 is 1.50 bits per heavy atom. The summed E-state index contributed by atoms with van der Waals surface area (Å²) in [7, 11) is 9.72. The molecule has 2 aromatic carbocycles. The van der Waals surface area contributed by atoms with E-state index < -0.39 is 0 Å². The van der Waals surface area contributed by atoms with Gasteiger partial charge in [0.2, 0.25) is 0 Å². The molecule has 0 atom stereocenters. The second-order valence-corrected chi connectivity index (χ2v) is 5.52. The zero-order valence-electron chi connectivity index (χ0n) is 9.37. The Labute approximate surface area is 122 Å². The molecule has 0 amide bonds. The van der Waals surface area contributed by atoms with Crippen molar-refractivity contribution in [2.24, 2.45) is 4.99 Å². The number of aromatic hydroxyl groups is 1. The van der Waals surface area contributed by atoms with E-state index in [1.807, 2.05) is 42.5 Å². The zero-order valence-corrected chi connectivity index (χ0v) is 12.3. The third-order valence-corrected chi connectivity index (χ3v) is 2.05. The first-order valence-corrected chi connectivity index (χ1v) is 8.91. The van der Waals surface area contributed by atoms with Crippen LogP contribution in [-0.2, 0) is 14.4 Å². The molecule has 93 valence electrons. The molecule has 2 aromatic rings. The molecule has 18 heavy (non-hydrogen) atoms. The summed E-state index contributed by atoms with van der Waals surface area (Å²) in [5.74, 6) is 0.247. The molecule has 0 aliphatic heterocycles. The van der Waals surface area contributed by atoms with Crippen molar-refractivity contribution in [2.75, 3.05) is 0 Å². The normalized spacial score (nSPS) is 9.67. The van der Waals surface area contributed by atoms with Crippen LogP contribution in [0.2, 0.25) is 0 Å². The van der Waals surface area contributed by atoms with Gasteiger partial charge in [0.1, 0.15) is 5.75 Å². The van der Waals surface area contributed by atoms with Crippen LogP contribution in [0.4, 0.5) is 5.69 Å². The van der Waals surface area contributed by atoms with Gasteiger partial charge in [0.15, 0.2) is 0 Å². The van der Waals surface area contributed by atoms with Gasteiger partial charge in [-0.3, -0.25) is 4.99 Å². The summed E-state index contributed by atoms with van der Waals surface area (Å²) >= 11 is -0.368. The minimum atomic E-state index is -0.368. The molecule has 2 nitrogen and oxygen atoms in total. The van der Waals surface area contributed by atoms with E-state index >= 15 is 0 Å². The van der Waals surface area contributed by atoms with Crippen LogP contribution in [0.25, 0.3) is 0 Å². The fraction of sp³-hybridized carbons (Fsp3) is 0. The number of benzene rings is 2. The zero-order chi connectivity index (χ0) is 13.2. The third-order valence-electron chi connectivity index (χ3n) is 2.05. The maximum atomic E-state index is 9.50. The Bertz CT molecular complexity index is 491. The van der Waals surface area contributed by atoms with E-state index in [9.17, 15) is 5.11 Å². The van der Waals surface area contributed by atoms with Crippen molar-refractivity contribution in [1.29, 1.82) is 0 Å². The predicted octanol–water partition coefficient (Wildman–Crippen LogP) is 4.52. The Morgan fingerprint density at radius 3 is 2.11 bits per heavy atom. The molecule has 0 spiro atoms. The first-order valence-electron chi connectivity index (χ1n) is 5.07. The van der Waals surface area contributed by atoms with Gasteiger partial charge in [-0.25, -0.2) is 0 Å². The molecule has 0 fully saturated rings. The quantitative estimate of drug-likeness (QED) is 0.811. The van der Waals surface area contributed by atoms with Gasteiger partial charge in [0, 0.05) is 11.8 Å². The number of aliphatic imine (C=N–C) groups is 1. The van der Waals surface area contributed by atoms with E-state index in [4.69, 9.17) is 19.7 Å². The predicted molar refractivity (Wildman–Crippen MR) is 73.5 cm³/mol. The van der Waals surface area contributed by atoms with Crippen molar-refractivity contribution in [3.05, 3.63) is 60.2 Å². The van der Waals surface area contributed by atoms with Crippen molar-refractivity contribution in [2.45, 2.75) is 0 Å². The van der Waals surface area contributed by atoms with Gasteiger partial charge in [-0.05, 0) is 24.3 Å².